The minimum absolute atomic E-state index is 0.00742. The van der Waals surface area contributed by atoms with Gasteiger partial charge in [0.05, 0.1) is 24.4 Å². The highest BCUT2D eigenvalue weighted by Gasteiger charge is 2.43. The van der Waals surface area contributed by atoms with E-state index in [9.17, 15) is 33.3 Å². The fourth-order valence-electron chi connectivity index (χ4n) is 2.36. The lowest BCUT2D eigenvalue weighted by molar-refractivity contribution is -0.0225. The first-order valence-electron chi connectivity index (χ1n) is 7.51. The number of hydrogen-bond acceptors (Lipinski definition) is 10. The van der Waals surface area contributed by atoms with Gasteiger partial charge >= 0.3 is 29.2 Å². The third-order valence-corrected chi connectivity index (χ3v) is 7.40. The second kappa shape index (κ2) is 8.63. The lowest BCUT2D eigenvalue weighted by Crippen LogP contribution is -2.35. The van der Waals surface area contributed by atoms with Gasteiger partial charge in [0.1, 0.15) is 6.10 Å². The van der Waals surface area contributed by atoms with E-state index in [2.05, 4.69) is 18.1 Å². The second-order valence-corrected chi connectivity index (χ2v) is 10.2. The number of nitrogens with zero attached hydrogens (tertiary/aromatic N) is 1. The van der Waals surface area contributed by atoms with Gasteiger partial charge < -0.3 is 34.4 Å². The van der Waals surface area contributed by atoms with Crippen LogP contribution in [0.5, 0.6) is 0 Å². The molecule has 5 atom stereocenters. The summed E-state index contributed by atoms with van der Waals surface area (Å²) in [5.41, 5.74) is -1.38. The molecule has 1 fully saturated rings. The quantitative estimate of drug-likeness (QED) is 0.234. The number of aliphatic hydroxyl groups excluding tert-OH is 1. The highest BCUT2D eigenvalue weighted by atomic mass is 31.3. The summed E-state index contributed by atoms with van der Waals surface area (Å²) in [6, 6.07) is 0. The van der Waals surface area contributed by atoms with Crippen LogP contribution < -0.4 is 11.2 Å². The Labute approximate surface area is 161 Å². The number of aliphatic hydroxyl groups is 1. The van der Waals surface area contributed by atoms with E-state index in [0.717, 1.165) is 10.8 Å². The SMILES string of the molecule is Cn1c(=O)[nH]cc([C@H]2C[C@@H](O)[C@@H](COP(=O)(O)OP(=O)(O)OP(=O)(O)O)O2)c1=O. The van der Waals surface area contributed by atoms with E-state index in [-0.39, 0.29) is 12.0 Å². The Hall–Kier alpha value is -0.990. The number of nitrogens with one attached hydrogen (secondary N) is 1. The number of phosphoric acid groups is 3. The molecular formula is C10H17N2O14P3. The number of rotatable bonds is 8. The third-order valence-electron chi connectivity index (χ3n) is 3.60. The molecule has 1 aromatic rings. The lowest BCUT2D eigenvalue weighted by Gasteiger charge is -2.19. The Morgan fingerprint density at radius 2 is 1.79 bits per heavy atom. The average Bonchev–Trinajstić information content (AvgIpc) is 2.88. The molecule has 0 bridgehead atoms. The van der Waals surface area contributed by atoms with Crippen molar-refractivity contribution in [3.8, 4) is 0 Å². The topological polar surface area (TPSA) is 244 Å². The standard InChI is InChI=1S/C10H17N2O14P3/c1-12-9(14)5(3-11-10(12)15)7-2-6(13)8(24-7)4-23-28(19,20)26-29(21,22)25-27(16,17)18/h3,6-8,13H,2,4H2,1H3,(H,11,15)(H,19,20)(H,21,22)(H2,16,17,18)/t6-,7-,8-/m1/s1. The second-order valence-electron chi connectivity index (χ2n) is 5.77. The fraction of sp³-hybridized carbons (Fsp3) is 0.600. The molecule has 0 aromatic carbocycles. The number of ether oxygens (including phenoxy) is 1. The number of hydrogen-bond donors (Lipinski definition) is 6. The van der Waals surface area contributed by atoms with Crippen molar-refractivity contribution in [2.75, 3.05) is 6.61 Å². The molecule has 16 nitrogen and oxygen atoms in total. The molecule has 2 unspecified atom stereocenters. The van der Waals surface area contributed by atoms with Crippen molar-refractivity contribution in [2.45, 2.75) is 24.7 Å². The first-order chi connectivity index (χ1) is 13.1. The molecule has 0 aliphatic carbocycles. The van der Waals surface area contributed by atoms with Crippen LogP contribution in [0.3, 0.4) is 0 Å². The van der Waals surface area contributed by atoms with Crippen LogP contribution >= 0.6 is 23.5 Å². The molecule has 0 amide bonds. The molecular weight excluding hydrogens is 465 g/mol. The van der Waals surface area contributed by atoms with E-state index in [1.54, 1.807) is 0 Å². The maximum atomic E-state index is 12.1. The van der Waals surface area contributed by atoms with Gasteiger partial charge in [-0.15, -0.1) is 0 Å². The van der Waals surface area contributed by atoms with Gasteiger partial charge in [-0.05, 0) is 0 Å². The number of H-pyrrole nitrogens is 1. The van der Waals surface area contributed by atoms with Crippen molar-refractivity contribution in [1.82, 2.24) is 9.55 Å². The maximum absolute atomic E-state index is 12.1. The molecule has 29 heavy (non-hydrogen) atoms. The van der Waals surface area contributed by atoms with Crippen LogP contribution in [0, 0.1) is 0 Å². The van der Waals surface area contributed by atoms with Gasteiger partial charge in [-0.2, -0.15) is 8.62 Å². The maximum Gasteiger partial charge on any atom is 0.490 e. The first kappa shape index (κ1) is 24.3. The minimum atomic E-state index is -5.67. The van der Waals surface area contributed by atoms with Gasteiger partial charge in [0.15, 0.2) is 0 Å². The van der Waals surface area contributed by atoms with Crippen molar-refractivity contribution in [1.29, 1.82) is 0 Å². The van der Waals surface area contributed by atoms with E-state index in [0.29, 0.717) is 0 Å². The van der Waals surface area contributed by atoms with Crippen molar-refractivity contribution in [2.24, 2.45) is 7.05 Å². The Balaban J connectivity index is 2.03. The third kappa shape index (κ3) is 6.76. The predicted octanol–water partition coefficient (Wildman–Crippen LogP) is -1.39. The summed E-state index contributed by atoms with van der Waals surface area (Å²) >= 11 is 0. The normalized spacial score (nSPS) is 26.8. The summed E-state index contributed by atoms with van der Waals surface area (Å²) in [5, 5.41) is 9.99. The molecule has 1 aromatic heterocycles. The highest BCUT2D eigenvalue weighted by Crippen LogP contribution is 2.66. The monoisotopic (exact) mass is 482 g/mol. The Morgan fingerprint density at radius 3 is 2.38 bits per heavy atom. The summed E-state index contributed by atoms with van der Waals surface area (Å²) in [6.45, 7) is -0.870. The molecule has 0 radical (unpaired) electrons. The molecule has 1 saturated heterocycles. The molecule has 1 aliphatic heterocycles. The van der Waals surface area contributed by atoms with Gasteiger partial charge in [0.2, 0.25) is 0 Å². The highest BCUT2D eigenvalue weighted by molar-refractivity contribution is 7.66. The number of aromatic amines is 1. The van der Waals surface area contributed by atoms with Crippen molar-refractivity contribution >= 4 is 23.5 Å². The van der Waals surface area contributed by atoms with Gasteiger partial charge in [0.25, 0.3) is 5.56 Å². The smallest absolute Gasteiger partial charge is 0.390 e. The number of aromatic nitrogens is 2. The molecule has 0 saturated carbocycles. The molecule has 166 valence electrons. The van der Waals surface area contributed by atoms with Crippen LogP contribution in [0.15, 0.2) is 15.8 Å². The summed E-state index contributed by atoms with van der Waals surface area (Å²) < 4.78 is 51.1. The van der Waals surface area contributed by atoms with E-state index in [4.69, 9.17) is 19.4 Å². The summed E-state index contributed by atoms with van der Waals surface area (Å²) in [4.78, 5) is 61.1. The summed E-state index contributed by atoms with van der Waals surface area (Å²) in [7, 11) is -15.4. The number of phosphoric ester groups is 1. The molecule has 2 rings (SSSR count). The van der Waals surface area contributed by atoms with Crippen LogP contribution in [0.2, 0.25) is 0 Å². The van der Waals surface area contributed by atoms with E-state index >= 15 is 0 Å². The summed E-state index contributed by atoms with van der Waals surface area (Å²) in [6.07, 6.45) is -2.65. The van der Waals surface area contributed by atoms with Crippen molar-refractivity contribution in [3.63, 3.8) is 0 Å². The predicted molar refractivity (Wildman–Crippen MR) is 90.4 cm³/mol. The molecule has 2 heterocycles. The van der Waals surface area contributed by atoms with Crippen LogP contribution in [0.4, 0.5) is 0 Å². The van der Waals surface area contributed by atoms with Crippen LogP contribution in [-0.4, -0.2) is 53.0 Å². The zero-order chi connectivity index (χ0) is 22.2. The van der Waals surface area contributed by atoms with Crippen LogP contribution in [0.25, 0.3) is 0 Å². The fourth-order valence-corrected chi connectivity index (χ4v) is 5.39. The average molecular weight is 482 g/mol. The molecule has 19 heteroatoms. The first-order valence-corrected chi connectivity index (χ1v) is 12.0. The zero-order valence-corrected chi connectivity index (χ0v) is 17.1. The Kier molecular flexibility index (Phi) is 7.23. The van der Waals surface area contributed by atoms with Crippen LogP contribution in [-0.2, 0) is 38.6 Å². The zero-order valence-electron chi connectivity index (χ0n) is 14.4. The Bertz CT molecular complexity index is 1010. The Morgan fingerprint density at radius 1 is 1.17 bits per heavy atom. The van der Waals surface area contributed by atoms with Crippen LogP contribution in [0.1, 0.15) is 18.1 Å². The summed E-state index contributed by atoms with van der Waals surface area (Å²) in [5.74, 6) is 0. The molecule has 0 spiro atoms. The van der Waals surface area contributed by atoms with Crippen molar-refractivity contribution in [3.05, 3.63) is 32.6 Å². The van der Waals surface area contributed by atoms with E-state index < -0.39 is 59.6 Å². The van der Waals surface area contributed by atoms with Gasteiger partial charge in [-0.1, -0.05) is 0 Å². The van der Waals surface area contributed by atoms with E-state index in [1.165, 1.54) is 7.05 Å². The van der Waals surface area contributed by atoms with Crippen molar-refractivity contribution < 1.29 is 56.3 Å². The molecule has 6 N–H and O–H groups in total. The largest absolute Gasteiger partial charge is 0.490 e. The lowest BCUT2D eigenvalue weighted by atomic mass is 10.1. The minimum Gasteiger partial charge on any atom is -0.390 e. The molecule has 1 aliphatic rings. The van der Waals surface area contributed by atoms with Gasteiger partial charge in [0, 0.05) is 19.7 Å². The van der Waals surface area contributed by atoms with E-state index in [1.807, 2.05) is 0 Å². The van der Waals surface area contributed by atoms with Gasteiger partial charge in [-0.3, -0.25) is 13.9 Å². The van der Waals surface area contributed by atoms with Gasteiger partial charge in [-0.25, -0.2) is 18.5 Å².